The number of carbonyl (C=O) groups excluding carboxylic acids is 1. The molecule has 0 atom stereocenters. The average molecular weight is 457 g/mol. The highest BCUT2D eigenvalue weighted by molar-refractivity contribution is 7.89. The maximum Gasteiger partial charge on any atom is 0.243 e. The molecule has 2 fully saturated rings. The largest absolute Gasteiger partial charge is 0.379 e. The van der Waals surface area contributed by atoms with E-state index in [1.165, 1.54) is 9.87 Å². The van der Waals surface area contributed by atoms with Gasteiger partial charge in [-0.1, -0.05) is 51.1 Å². The lowest BCUT2D eigenvalue weighted by atomic mass is 9.85. The van der Waals surface area contributed by atoms with Crippen LogP contribution in [0.2, 0.25) is 0 Å². The molecule has 32 heavy (non-hydrogen) atoms. The first-order valence-electron chi connectivity index (χ1n) is 11.2. The second-order valence-electron chi connectivity index (χ2n) is 9.86. The second-order valence-corrected chi connectivity index (χ2v) is 11.8. The molecule has 2 aliphatic rings. The Morgan fingerprint density at radius 1 is 1.03 bits per heavy atom. The molecule has 1 saturated carbocycles. The fraction of sp³-hybridized carbons (Fsp3) is 0.480. The van der Waals surface area contributed by atoms with Gasteiger partial charge < -0.3 is 10.1 Å². The molecule has 1 amide bonds. The maximum absolute atomic E-state index is 13.3. The van der Waals surface area contributed by atoms with Crippen LogP contribution in [0.3, 0.4) is 0 Å². The first kappa shape index (κ1) is 23.0. The lowest BCUT2D eigenvalue weighted by molar-refractivity contribution is -0.118. The molecular weight excluding hydrogens is 424 g/mol. The number of sulfonamides is 1. The number of ether oxygens (including phenoxy) is 1. The zero-order valence-electron chi connectivity index (χ0n) is 19.3. The Morgan fingerprint density at radius 2 is 1.66 bits per heavy atom. The Kier molecular flexibility index (Phi) is 5.94. The van der Waals surface area contributed by atoms with Gasteiger partial charge in [-0.2, -0.15) is 4.31 Å². The summed E-state index contributed by atoms with van der Waals surface area (Å²) in [5, 5.41) is 3.03. The van der Waals surface area contributed by atoms with E-state index in [1.54, 1.807) is 18.2 Å². The molecule has 0 unspecified atom stereocenters. The first-order valence-corrected chi connectivity index (χ1v) is 12.6. The van der Waals surface area contributed by atoms with Gasteiger partial charge in [0.15, 0.2) is 0 Å². The second kappa shape index (κ2) is 8.28. The average Bonchev–Trinajstić information content (AvgIpc) is 3.57. The first-order chi connectivity index (χ1) is 15.0. The predicted molar refractivity (Wildman–Crippen MR) is 125 cm³/mol. The minimum atomic E-state index is -3.63. The number of carbonyl (C=O) groups is 1. The molecule has 0 radical (unpaired) electrons. The van der Waals surface area contributed by atoms with Crippen molar-refractivity contribution >= 4 is 21.6 Å². The Hall–Kier alpha value is -2.22. The van der Waals surface area contributed by atoms with Crippen molar-refractivity contribution in [1.82, 2.24) is 4.31 Å². The third kappa shape index (κ3) is 4.34. The summed E-state index contributed by atoms with van der Waals surface area (Å²) >= 11 is 0. The Labute approximate surface area is 191 Å². The smallest absolute Gasteiger partial charge is 0.243 e. The normalized spacial score (nSPS) is 18.9. The number of anilines is 1. The summed E-state index contributed by atoms with van der Waals surface area (Å²) < 4.78 is 32.8. The third-order valence-electron chi connectivity index (χ3n) is 6.55. The van der Waals surface area contributed by atoms with E-state index in [2.05, 4.69) is 50.4 Å². The lowest BCUT2D eigenvalue weighted by Gasteiger charge is -2.26. The molecule has 1 aliphatic carbocycles. The van der Waals surface area contributed by atoms with Crippen molar-refractivity contribution in [2.75, 3.05) is 31.6 Å². The highest BCUT2D eigenvalue weighted by Crippen LogP contribution is 2.49. The van der Waals surface area contributed by atoms with Crippen LogP contribution in [0.1, 0.15) is 50.3 Å². The number of nitrogens with zero attached hydrogens (tertiary/aromatic N) is 1. The van der Waals surface area contributed by atoms with Crippen molar-refractivity contribution in [1.29, 1.82) is 0 Å². The standard InChI is InChI=1S/C25H32N2O4S/c1-18-5-10-21(32(29,30)27-13-15-31-16-14-27)17-22(18)26-23(28)25(11-12-25)20-8-6-19(7-9-20)24(2,3)4/h5-10,17H,11-16H2,1-4H3,(H,26,28). The summed E-state index contributed by atoms with van der Waals surface area (Å²) in [6, 6.07) is 13.2. The molecule has 7 heteroatoms. The highest BCUT2D eigenvalue weighted by Gasteiger charge is 2.51. The number of morpholine rings is 1. The summed E-state index contributed by atoms with van der Waals surface area (Å²) in [4.78, 5) is 13.5. The van der Waals surface area contributed by atoms with Crippen molar-refractivity contribution in [2.45, 2.75) is 56.3 Å². The summed E-state index contributed by atoms with van der Waals surface area (Å²) in [6.45, 7) is 9.85. The number of benzene rings is 2. The zero-order chi connectivity index (χ0) is 23.1. The van der Waals surface area contributed by atoms with Gasteiger partial charge in [-0.25, -0.2) is 8.42 Å². The van der Waals surface area contributed by atoms with Gasteiger partial charge in [0.25, 0.3) is 0 Å². The van der Waals surface area contributed by atoms with Gasteiger partial charge in [0.2, 0.25) is 15.9 Å². The number of hydrogen-bond acceptors (Lipinski definition) is 4. The minimum absolute atomic E-state index is 0.0566. The van der Waals surface area contributed by atoms with E-state index in [0.717, 1.165) is 24.0 Å². The van der Waals surface area contributed by atoms with Crippen LogP contribution in [0.15, 0.2) is 47.4 Å². The third-order valence-corrected chi connectivity index (χ3v) is 8.45. The summed E-state index contributed by atoms with van der Waals surface area (Å²) in [7, 11) is -3.63. The molecule has 1 aliphatic heterocycles. The zero-order valence-corrected chi connectivity index (χ0v) is 20.1. The molecule has 4 rings (SSSR count). The van der Waals surface area contributed by atoms with Gasteiger partial charge in [0.1, 0.15) is 0 Å². The van der Waals surface area contributed by atoms with Crippen LogP contribution >= 0.6 is 0 Å². The summed E-state index contributed by atoms with van der Waals surface area (Å²) in [6.07, 6.45) is 1.58. The number of amides is 1. The monoisotopic (exact) mass is 456 g/mol. The van der Waals surface area contributed by atoms with Gasteiger partial charge in [0.05, 0.1) is 23.5 Å². The highest BCUT2D eigenvalue weighted by atomic mass is 32.2. The van der Waals surface area contributed by atoms with E-state index < -0.39 is 15.4 Å². The number of nitrogens with one attached hydrogen (secondary N) is 1. The minimum Gasteiger partial charge on any atom is -0.379 e. The van der Waals surface area contributed by atoms with E-state index in [0.29, 0.717) is 32.0 Å². The van der Waals surface area contributed by atoms with Crippen LogP contribution in [0.25, 0.3) is 0 Å². The molecule has 1 N–H and O–H groups in total. The van der Waals surface area contributed by atoms with E-state index in [-0.39, 0.29) is 16.2 Å². The van der Waals surface area contributed by atoms with Crippen molar-refractivity contribution in [3.63, 3.8) is 0 Å². The molecule has 0 aromatic heterocycles. The van der Waals surface area contributed by atoms with Crippen molar-refractivity contribution < 1.29 is 17.9 Å². The molecular formula is C25H32N2O4S. The molecule has 2 aromatic carbocycles. The van der Waals surface area contributed by atoms with Crippen LogP contribution in [0.4, 0.5) is 5.69 Å². The Bertz CT molecular complexity index is 1110. The maximum atomic E-state index is 13.3. The number of rotatable bonds is 5. The van der Waals surface area contributed by atoms with Crippen LogP contribution in [-0.4, -0.2) is 44.9 Å². The SMILES string of the molecule is Cc1ccc(S(=O)(=O)N2CCOCC2)cc1NC(=O)C1(c2ccc(C(C)(C)C)cc2)CC1. The fourth-order valence-electron chi connectivity index (χ4n) is 4.14. The van der Waals surface area contributed by atoms with E-state index in [9.17, 15) is 13.2 Å². The van der Waals surface area contributed by atoms with Crippen LogP contribution < -0.4 is 5.32 Å². The summed E-state index contributed by atoms with van der Waals surface area (Å²) in [5.74, 6) is -0.0787. The molecule has 172 valence electrons. The van der Waals surface area contributed by atoms with E-state index >= 15 is 0 Å². The quantitative estimate of drug-likeness (QED) is 0.738. The van der Waals surface area contributed by atoms with Crippen molar-refractivity contribution in [2.24, 2.45) is 0 Å². The van der Waals surface area contributed by atoms with Crippen molar-refractivity contribution in [3.05, 3.63) is 59.2 Å². The topological polar surface area (TPSA) is 75.7 Å². The van der Waals surface area contributed by atoms with Crippen LogP contribution in [0, 0.1) is 6.92 Å². The fourth-order valence-corrected chi connectivity index (χ4v) is 5.57. The summed E-state index contributed by atoms with van der Waals surface area (Å²) in [5.41, 5.74) is 3.13. The molecule has 2 aromatic rings. The van der Waals surface area contributed by atoms with Crippen LogP contribution in [-0.2, 0) is 30.4 Å². The van der Waals surface area contributed by atoms with Gasteiger partial charge in [-0.3, -0.25) is 4.79 Å². The van der Waals surface area contributed by atoms with Gasteiger partial charge in [-0.15, -0.1) is 0 Å². The Morgan fingerprint density at radius 3 is 2.22 bits per heavy atom. The number of hydrogen-bond donors (Lipinski definition) is 1. The predicted octanol–water partition coefficient (Wildman–Crippen LogP) is 3.98. The van der Waals surface area contributed by atoms with Crippen LogP contribution in [0.5, 0.6) is 0 Å². The molecule has 1 saturated heterocycles. The molecule has 6 nitrogen and oxygen atoms in total. The van der Waals surface area contributed by atoms with E-state index in [4.69, 9.17) is 4.74 Å². The van der Waals surface area contributed by atoms with Gasteiger partial charge in [0, 0.05) is 18.8 Å². The Balaban J connectivity index is 1.56. The molecule has 1 heterocycles. The lowest BCUT2D eigenvalue weighted by Crippen LogP contribution is -2.40. The van der Waals surface area contributed by atoms with Gasteiger partial charge in [-0.05, 0) is 54.0 Å². The van der Waals surface area contributed by atoms with Crippen molar-refractivity contribution in [3.8, 4) is 0 Å². The van der Waals surface area contributed by atoms with E-state index in [1.807, 2.05) is 6.92 Å². The molecule has 0 spiro atoms. The van der Waals surface area contributed by atoms with Gasteiger partial charge >= 0.3 is 0 Å². The molecule has 0 bridgehead atoms. The number of aryl methyl sites for hydroxylation is 1.